The maximum Gasteiger partial charge on any atom is 0.341 e. The normalized spacial score (nSPS) is 19.0. The minimum Gasteiger partial charge on any atom is -0.482 e. The summed E-state index contributed by atoms with van der Waals surface area (Å²) in [6, 6.07) is 15.2. The minimum atomic E-state index is -1.03. The third-order valence-electron chi connectivity index (χ3n) is 4.79. The highest BCUT2D eigenvalue weighted by Gasteiger charge is 2.32. The molecule has 2 unspecified atom stereocenters. The number of nitrogens with one attached hydrogen (secondary N) is 1. The van der Waals surface area contributed by atoms with Crippen LogP contribution in [0.25, 0.3) is 0 Å². The van der Waals surface area contributed by atoms with Crippen molar-refractivity contribution in [3.8, 4) is 5.75 Å². The van der Waals surface area contributed by atoms with Gasteiger partial charge in [0.25, 0.3) is 0 Å². The van der Waals surface area contributed by atoms with Crippen molar-refractivity contribution >= 4 is 11.9 Å². The van der Waals surface area contributed by atoms with E-state index in [1.54, 1.807) is 18.2 Å². The number of hydrogen-bond donors (Lipinski definition) is 2. The highest BCUT2D eigenvalue weighted by molar-refractivity contribution is 5.79. The number of aliphatic carboxylic acids is 1. The Morgan fingerprint density at radius 3 is 2.75 bits per heavy atom. The molecule has 0 spiro atoms. The Kier molecular flexibility index (Phi) is 6.66. The number of carboxylic acid groups (broad SMARTS) is 1. The van der Waals surface area contributed by atoms with Crippen LogP contribution in [-0.2, 0) is 20.9 Å². The summed E-state index contributed by atoms with van der Waals surface area (Å²) >= 11 is 0. The molecule has 1 heterocycles. The van der Waals surface area contributed by atoms with Gasteiger partial charge in [0.1, 0.15) is 5.75 Å². The van der Waals surface area contributed by atoms with Crippen LogP contribution in [0.1, 0.15) is 35.6 Å². The molecule has 6 heteroatoms. The maximum absolute atomic E-state index is 12.8. The molecule has 2 aromatic rings. The van der Waals surface area contributed by atoms with Crippen molar-refractivity contribution in [3.63, 3.8) is 0 Å². The van der Waals surface area contributed by atoms with Gasteiger partial charge in [0.15, 0.2) is 6.61 Å². The Labute approximate surface area is 164 Å². The van der Waals surface area contributed by atoms with Crippen LogP contribution in [0.2, 0.25) is 0 Å². The smallest absolute Gasteiger partial charge is 0.341 e. The van der Waals surface area contributed by atoms with Gasteiger partial charge in [-0.15, -0.1) is 0 Å². The zero-order chi connectivity index (χ0) is 19.9. The van der Waals surface area contributed by atoms with Crippen LogP contribution in [0, 0.1) is 12.8 Å². The molecule has 1 saturated heterocycles. The van der Waals surface area contributed by atoms with E-state index in [-0.39, 0.29) is 17.9 Å². The number of ether oxygens (including phenoxy) is 2. The van der Waals surface area contributed by atoms with E-state index < -0.39 is 12.6 Å². The molecule has 0 aromatic heterocycles. The standard InChI is InChI=1S/C22H25NO5/c1-15-7-9-17(10-8-15)21-19(6-3-11-27-21)22(26)23-13-16-4-2-5-18(12-16)28-14-20(24)25/h2,4-5,7-10,12,19,21H,3,6,11,13-14H2,1H3,(H,23,26)(H,24,25). The largest absolute Gasteiger partial charge is 0.482 e. The fourth-order valence-electron chi connectivity index (χ4n) is 3.34. The molecule has 148 valence electrons. The molecule has 2 aromatic carbocycles. The van der Waals surface area contributed by atoms with Crippen LogP contribution in [-0.4, -0.2) is 30.2 Å². The number of rotatable bonds is 7. The average molecular weight is 383 g/mol. The molecule has 0 bridgehead atoms. The van der Waals surface area contributed by atoms with Gasteiger partial charge >= 0.3 is 5.97 Å². The third-order valence-corrected chi connectivity index (χ3v) is 4.79. The molecule has 1 aliphatic rings. The number of amides is 1. The van der Waals surface area contributed by atoms with Crippen molar-refractivity contribution in [2.24, 2.45) is 5.92 Å². The van der Waals surface area contributed by atoms with E-state index in [1.165, 1.54) is 5.56 Å². The van der Waals surface area contributed by atoms with E-state index in [1.807, 2.05) is 37.3 Å². The second-order valence-corrected chi connectivity index (χ2v) is 7.00. The molecule has 1 aliphatic heterocycles. The number of carboxylic acids is 1. The second kappa shape index (κ2) is 9.37. The van der Waals surface area contributed by atoms with Crippen LogP contribution >= 0.6 is 0 Å². The lowest BCUT2D eigenvalue weighted by Gasteiger charge is -2.31. The summed E-state index contributed by atoms with van der Waals surface area (Å²) in [4.78, 5) is 23.4. The van der Waals surface area contributed by atoms with Crippen LogP contribution in [0.3, 0.4) is 0 Å². The monoisotopic (exact) mass is 383 g/mol. The zero-order valence-electron chi connectivity index (χ0n) is 15.9. The molecule has 0 saturated carbocycles. The summed E-state index contributed by atoms with van der Waals surface area (Å²) < 4.78 is 11.1. The Morgan fingerprint density at radius 1 is 1.21 bits per heavy atom. The summed E-state index contributed by atoms with van der Waals surface area (Å²) in [5.74, 6) is -0.837. The van der Waals surface area contributed by atoms with Crippen molar-refractivity contribution in [2.75, 3.05) is 13.2 Å². The maximum atomic E-state index is 12.8. The van der Waals surface area contributed by atoms with Gasteiger partial charge in [0, 0.05) is 13.2 Å². The number of carbonyl (C=O) groups is 2. The van der Waals surface area contributed by atoms with E-state index in [0.717, 1.165) is 24.0 Å². The summed E-state index contributed by atoms with van der Waals surface area (Å²) in [7, 11) is 0. The van der Waals surface area contributed by atoms with E-state index in [2.05, 4.69) is 5.32 Å². The number of hydrogen-bond acceptors (Lipinski definition) is 4. The fourth-order valence-corrected chi connectivity index (χ4v) is 3.34. The molecule has 2 N–H and O–H groups in total. The van der Waals surface area contributed by atoms with Gasteiger partial charge in [0.05, 0.1) is 12.0 Å². The van der Waals surface area contributed by atoms with Crippen LogP contribution in [0.5, 0.6) is 5.75 Å². The quantitative estimate of drug-likeness (QED) is 0.767. The van der Waals surface area contributed by atoms with Crippen molar-refractivity contribution in [1.29, 1.82) is 0 Å². The lowest BCUT2D eigenvalue weighted by Crippen LogP contribution is -2.37. The first kappa shape index (κ1) is 19.9. The van der Waals surface area contributed by atoms with Crippen LogP contribution < -0.4 is 10.1 Å². The zero-order valence-corrected chi connectivity index (χ0v) is 15.9. The van der Waals surface area contributed by atoms with E-state index in [0.29, 0.717) is 18.9 Å². The van der Waals surface area contributed by atoms with Crippen molar-refractivity contribution in [3.05, 3.63) is 65.2 Å². The van der Waals surface area contributed by atoms with Crippen LogP contribution in [0.4, 0.5) is 0 Å². The van der Waals surface area contributed by atoms with Gasteiger partial charge in [-0.2, -0.15) is 0 Å². The topological polar surface area (TPSA) is 84.9 Å². The lowest BCUT2D eigenvalue weighted by molar-refractivity contribution is -0.139. The Morgan fingerprint density at radius 2 is 2.00 bits per heavy atom. The first-order valence-electron chi connectivity index (χ1n) is 9.42. The van der Waals surface area contributed by atoms with E-state index in [4.69, 9.17) is 14.6 Å². The fraction of sp³-hybridized carbons (Fsp3) is 0.364. The van der Waals surface area contributed by atoms with E-state index in [9.17, 15) is 9.59 Å². The van der Waals surface area contributed by atoms with Crippen LogP contribution in [0.15, 0.2) is 48.5 Å². The molecule has 1 fully saturated rings. The molecule has 3 rings (SSSR count). The highest BCUT2D eigenvalue weighted by Crippen LogP contribution is 2.34. The van der Waals surface area contributed by atoms with Gasteiger partial charge in [0.2, 0.25) is 5.91 Å². The predicted octanol–water partition coefficient (Wildman–Crippen LogP) is 3.24. The molecule has 0 radical (unpaired) electrons. The second-order valence-electron chi connectivity index (χ2n) is 7.00. The first-order chi connectivity index (χ1) is 13.5. The molecular formula is C22H25NO5. The molecular weight excluding hydrogens is 358 g/mol. The van der Waals surface area contributed by atoms with E-state index >= 15 is 0 Å². The van der Waals surface area contributed by atoms with Gasteiger partial charge < -0.3 is 19.9 Å². The summed E-state index contributed by atoms with van der Waals surface area (Å²) in [5, 5.41) is 11.7. The van der Waals surface area contributed by atoms with Gasteiger partial charge in [-0.1, -0.05) is 42.0 Å². The van der Waals surface area contributed by atoms with Crippen molar-refractivity contribution < 1.29 is 24.2 Å². The third kappa shape index (κ3) is 5.33. The first-order valence-corrected chi connectivity index (χ1v) is 9.42. The predicted molar refractivity (Wildman–Crippen MR) is 104 cm³/mol. The summed E-state index contributed by atoms with van der Waals surface area (Å²) in [6.07, 6.45) is 1.41. The molecule has 2 atom stereocenters. The lowest BCUT2D eigenvalue weighted by atomic mass is 9.88. The highest BCUT2D eigenvalue weighted by atomic mass is 16.5. The number of aryl methyl sites for hydroxylation is 1. The Balaban J connectivity index is 1.62. The summed E-state index contributed by atoms with van der Waals surface area (Å²) in [6.45, 7) is 2.64. The number of carbonyl (C=O) groups excluding carboxylic acids is 1. The van der Waals surface area contributed by atoms with Gasteiger partial charge in [-0.25, -0.2) is 4.79 Å². The van der Waals surface area contributed by atoms with Gasteiger partial charge in [-0.05, 0) is 43.0 Å². The Hall–Kier alpha value is -2.86. The molecule has 1 amide bonds. The average Bonchev–Trinajstić information content (AvgIpc) is 2.71. The SMILES string of the molecule is Cc1ccc(C2OCCCC2C(=O)NCc2cccc(OCC(=O)O)c2)cc1. The van der Waals surface area contributed by atoms with Crippen molar-refractivity contribution in [1.82, 2.24) is 5.32 Å². The summed E-state index contributed by atoms with van der Waals surface area (Å²) in [5.41, 5.74) is 3.04. The molecule has 0 aliphatic carbocycles. The minimum absolute atomic E-state index is 0.0397. The molecule has 6 nitrogen and oxygen atoms in total. The Bertz CT molecular complexity index is 818. The van der Waals surface area contributed by atoms with Gasteiger partial charge in [-0.3, -0.25) is 4.79 Å². The molecule has 28 heavy (non-hydrogen) atoms. The van der Waals surface area contributed by atoms with Crippen molar-refractivity contribution in [2.45, 2.75) is 32.4 Å². The number of benzene rings is 2.